The maximum Gasteiger partial charge on any atom is 0.274 e. The van der Waals surface area contributed by atoms with Gasteiger partial charge in [-0.1, -0.05) is 35.5 Å². The second-order valence-electron chi connectivity index (χ2n) is 6.59. The Balaban J connectivity index is 1.78. The Kier molecular flexibility index (Phi) is 5.16. The molecule has 0 radical (unpaired) electrons. The lowest BCUT2D eigenvalue weighted by Crippen LogP contribution is -2.47. The highest BCUT2D eigenvalue weighted by Crippen LogP contribution is 2.24. The Hall–Kier alpha value is -2.63. The molecule has 6 nitrogen and oxygen atoms in total. The van der Waals surface area contributed by atoms with E-state index in [2.05, 4.69) is 10.5 Å². The van der Waals surface area contributed by atoms with Crippen molar-refractivity contribution in [2.24, 2.45) is 0 Å². The van der Waals surface area contributed by atoms with Gasteiger partial charge in [0.15, 0.2) is 5.69 Å². The third-order valence-electron chi connectivity index (χ3n) is 4.49. The van der Waals surface area contributed by atoms with Crippen LogP contribution >= 0.6 is 0 Å². The normalized spacial score (nSPS) is 14.5. The zero-order valence-electron chi connectivity index (χ0n) is 14.6. The van der Waals surface area contributed by atoms with Gasteiger partial charge in [-0.25, -0.2) is 0 Å². The minimum Gasteiger partial charge on any atom is -0.360 e. The van der Waals surface area contributed by atoms with Crippen LogP contribution < -0.4 is 5.32 Å². The van der Waals surface area contributed by atoms with Gasteiger partial charge in [-0.2, -0.15) is 0 Å². The molecule has 1 aliphatic rings. The van der Waals surface area contributed by atoms with E-state index in [0.717, 1.165) is 42.6 Å². The van der Waals surface area contributed by atoms with Gasteiger partial charge in [-0.3, -0.25) is 9.59 Å². The van der Waals surface area contributed by atoms with Gasteiger partial charge in [0.1, 0.15) is 11.8 Å². The van der Waals surface area contributed by atoms with E-state index >= 15 is 0 Å². The lowest BCUT2D eigenvalue weighted by molar-refractivity contribution is -0.130. The van der Waals surface area contributed by atoms with Crippen LogP contribution in [0.4, 0.5) is 0 Å². The van der Waals surface area contributed by atoms with E-state index in [0.29, 0.717) is 12.1 Å². The van der Waals surface area contributed by atoms with Crippen molar-refractivity contribution in [1.29, 1.82) is 0 Å². The molecule has 0 saturated heterocycles. The van der Waals surface area contributed by atoms with E-state index in [4.69, 9.17) is 4.52 Å². The van der Waals surface area contributed by atoms with Gasteiger partial charge in [0.2, 0.25) is 5.91 Å². The van der Waals surface area contributed by atoms with Crippen LogP contribution in [-0.2, 0) is 24.1 Å². The SMILES string of the molecule is CN(C)C(=O)[C@@H](Cc1ccccc1)NC(=O)c1noc2c1CCCC2. The molecule has 132 valence electrons. The number of hydrogen-bond donors (Lipinski definition) is 1. The summed E-state index contributed by atoms with van der Waals surface area (Å²) in [6.07, 6.45) is 4.13. The molecule has 1 N–H and O–H groups in total. The number of nitrogens with one attached hydrogen (secondary N) is 1. The molecule has 1 aromatic carbocycles. The van der Waals surface area contributed by atoms with E-state index in [1.807, 2.05) is 30.3 Å². The van der Waals surface area contributed by atoms with Gasteiger partial charge in [0, 0.05) is 32.5 Å². The number of fused-ring (bicyclic) bond motifs is 1. The maximum atomic E-state index is 12.7. The average Bonchev–Trinajstić information content (AvgIpc) is 3.05. The summed E-state index contributed by atoms with van der Waals surface area (Å²) in [5.41, 5.74) is 2.20. The van der Waals surface area contributed by atoms with Crippen molar-refractivity contribution in [3.05, 3.63) is 52.9 Å². The summed E-state index contributed by atoms with van der Waals surface area (Å²) >= 11 is 0. The van der Waals surface area contributed by atoms with Crippen molar-refractivity contribution in [3.8, 4) is 0 Å². The summed E-state index contributed by atoms with van der Waals surface area (Å²) in [6.45, 7) is 0. The maximum absolute atomic E-state index is 12.7. The zero-order chi connectivity index (χ0) is 17.8. The molecule has 0 spiro atoms. The first-order valence-corrected chi connectivity index (χ1v) is 8.59. The molecule has 25 heavy (non-hydrogen) atoms. The van der Waals surface area contributed by atoms with E-state index < -0.39 is 6.04 Å². The monoisotopic (exact) mass is 341 g/mol. The van der Waals surface area contributed by atoms with Crippen molar-refractivity contribution in [2.45, 2.75) is 38.1 Å². The molecule has 0 bridgehead atoms. The van der Waals surface area contributed by atoms with Gasteiger partial charge < -0.3 is 14.7 Å². The molecule has 0 saturated carbocycles. The summed E-state index contributed by atoms with van der Waals surface area (Å²) in [5, 5.41) is 6.80. The first kappa shape index (κ1) is 17.2. The molecule has 1 aromatic heterocycles. The molecule has 1 heterocycles. The average molecular weight is 341 g/mol. The number of hydrogen-bond acceptors (Lipinski definition) is 4. The van der Waals surface area contributed by atoms with Crippen molar-refractivity contribution < 1.29 is 14.1 Å². The minimum atomic E-state index is -0.638. The van der Waals surface area contributed by atoms with Gasteiger partial charge in [0.25, 0.3) is 5.91 Å². The quantitative estimate of drug-likeness (QED) is 0.902. The number of amides is 2. The number of carbonyl (C=O) groups excluding carboxylic acids is 2. The zero-order valence-corrected chi connectivity index (χ0v) is 14.6. The second kappa shape index (κ2) is 7.51. The highest BCUT2D eigenvalue weighted by atomic mass is 16.5. The van der Waals surface area contributed by atoms with Crippen molar-refractivity contribution in [1.82, 2.24) is 15.4 Å². The molecule has 2 amide bonds. The Labute approximate surface area is 147 Å². The van der Waals surface area contributed by atoms with Crippen molar-refractivity contribution in [3.63, 3.8) is 0 Å². The molecule has 2 aromatic rings. The Morgan fingerprint density at radius 3 is 2.64 bits per heavy atom. The fourth-order valence-electron chi connectivity index (χ4n) is 3.15. The first-order valence-electron chi connectivity index (χ1n) is 8.59. The van der Waals surface area contributed by atoms with Crippen LogP contribution in [0.25, 0.3) is 0 Å². The third kappa shape index (κ3) is 3.90. The number of carbonyl (C=O) groups is 2. The van der Waals surface area contributed by atoms with Crippen LogP contribution in [0.3, 0.4) is 0 Å². The van der Waals surface area contributed by atoms with Crippen LogP contribution in [0.1, 0.15) is 40.2 Å². The van der Waals surface area contributed by atoms with E-state index in [-0.39, 0.29) is 11.8 Å². The van der Waals surface area contributed by atoms with Gasteiger partial charge in [-0.15, -0.1) is 0 Å². The van der Waals surface area contributed by atoms with Gasteiger partial charge in [-0.05, 0) is 24.8 Å². The molecular weight excluding hydrogens is 318 g/mol. The predicted octanol–water partition coefficient (Wildman–Crippen LogP) is 1.98. The molecule has 0 aliphatic heterocycles. The topological polar surface area (TPSA) is 75.4 Å². The first-order chi connectivity index (χ1) is 12.1. The molecule has 0 fully saturated rings. The highest BCUT2D eigenvalue weighted by Gasteiger charge is 2.28. The molecule has 1 atom stereocenters. The Morgan fingerprint density at radius 1 is 1.20 bits per heavy atom. The standard InChI is InChI=1S/C19H23N3O3/c1-22(2)19(24)15(12-13-8-4-3-5-9-13)20-18(23)17-14-10-6-7-11-16(14)25-21-17/h3-5,8-9,15H,6-7,10-12H2,1-2H3,(H,20,23)/t15-/m1/s1. The Bertz CT molecular complexity index is 753. The summed E-state index contributed by atoms with van der Waals surface area (Å²) in [7, 11) is 3.37. The molecular formula is C19H23N3O3. The lowest BCUT2D eigenvalue weighted by Gasteiger charge is -2.21. The third-order valence-corrected chi connectivity index (χ3v) is 4.49. The highest BCUT2D eigenvalue weighted by molar-refractivity contribution is 5.97. The van der Waals surface area contributed by atoms with Crippen LogP contribution in [0.5, 0.6) is 0 Å². The largest absolute Gasteiger partial charge is 0.360 e. The second-order valence-corrected chi connectivity index (χ2v) is 6.59. The van der Waals surface area contributed by atoms with E-state index in [1.165, 1.54) is 4.90 Å². The van der Waals surface area contributed by atoms with Crippen LogP contribution in [0, 0.1) is 0 Å². The smallest absolute Gasteiger partial charge is 0.274 e. The van der Waals surface area contributed by atoms with E-state index in [9.17, 15) is 9.59 Å². The molecule has 1 aliphatic carbocycles. The molecule has 6 heteroatoms. The van der Waals surface area contributed by atoms with Crippen LogP contribution in [0.15, 0.2) is 34.9 Å². The summed E-state index contributed by atoms with van der Waals surface area (Å²) in [4.78, 5) is 26.7. The number of aryl methyl sites for hydroxylation is 1. The summed E-state index contributed by atoms with van der Waals surface area (Å²) < 4.78 is 5.31. The molecule has 3 rings (SSSR count). The Morgan fingerprint density at radius 2 is 1.92 bits per heavy atom. The summed E-state index contributed by atoms with van der Waals surface area (Å²) in [5.74, 6) is 0.313. The number of aromatic nitrogens is 1. The number of nitrogens with zero attached hydrogens (tertiary/aromatic N) is 2. The van der Waals surface area contributed by atoms with Crippen molar-refractivity contribution >= 4 is 11.8 Å². The number of likely N-dealkylation sites (N-methyl/N-ethyl adjacent to an activating group) is 1. The van der Waals surface area contributed by atoms with Crippen molar-refractivity contribution in [2.75, 3.05) is 14.1 Å². The summed E-state index contributed by atoms with van der Waals surface area (Å²) in [6, 6.07) is 9.01. The van der Waals surface area contributed by atoms with Crippen LogP contribution in [-0.4, -0.2) is 42.0 Å². The van der Waals surface area contributed by atoms with Gasteiger partial charge in [0.05, 0.1) is 0 Å². The lowest BCUT2D eigenvalue weighted by atomic mass is 9.96. The van der Waals surface area contributed by atoms with E-state index in [1.54, 1.807) is 14.1 Å². The molecule has 0 unspecified atom stereocenters. The number of benzene rings is 1. The van der Waals surface area contributed by atoms with Gasteiger partial charge >= 0.3 is 0 Å². The fourth-order valence-corrected chi connectivity index (χ4v) is 3.15. The minimum absolute atomic E-state index is 0.144. The predicted molar refractivity (Wildman–Crippen MR) is 93.2 cm³/mol. The fraction of sp³-hybridized carbons (Fsp3) is 0.421. The van der Waals surface area contributed by atoms with Crippen LogP contribution in [0.2, 0.25) is 0 Å². The number of rotatable bonds is 5.